The Balaban J connectivity index is 1.42. The first-order valence-corrected chi connectivity index (χ1v) is 12.4. The lowest BCUT2D eigenvalue weighted by Gasteiger charge is -2.63. The molecule has 1 aromatic rings. The van der Waals surface area contributed by atoms with Crippen LogP contribution in [0.25, 0.3) is 0 Å². The van der Waals surface area contributed by atoms with Crippen LogP contribution in [0, 0.1) is 22.7 Å². The van der Waals surface area contributed by atoms with E-state index in [2.05, 4.69) is 13.8 Å². The van der Waals surface area contributed by atoms with Crippen molar-refractivity contribution >= 4 is 5.97 Å². The average molecular weight is 459 g/mol. The first kappa shape index (κ1) is 21.8. The molecule has 1 aromatic heterocycles. The van der Waals surface area contributed by atoms with Gasteiger partial charge in [-0.15, -0.1) is 0 Å². The molecular formula is C26H34O7. The van der Waals surface area contributed by atoms with E-state index in [-0.39, 0.29) is 40.7 Å². The number of rotatable bonds is 2. The molecule has 2 N–H and O–H groups in total. The molecule has 0 bridgehead atoms. The maximum Gasteiger partial charge on any atom is 0.335 e. The summed E-state index contributed by atoms with van der Waals surface area (Å²) < 4.78 is 17.7. The molecule has 0 amide bonds. The molecule has 33 heavy (non-hydrogen) atoms. The lowest BCUT2D eigenvalue weighted by molar-refractivity contribution is -0.224. The lowest BCUT2D eigenvalue weighted by Crippen LogP contribution is -2.65. The van der Waals surface area contributed by atoms with Gasteiger partial charge >= 0.3 is 11.6 Å². The minimum absolute atomic E-state index is 0.118. The zero-order valence-corrected chi connectivity index (χ0v) is 19.6. The minimum atomic E-state index is -0.850. The summed E-state index contributed by atoms with van der Waals surface area (Å²) in [7, 11) is 0. The zero-order chi connectivity index (χ0) is 23.4. The molecule has 1 spiro atoms. The second-order valence-electron chi connectivity index (χ2n) is 11.8. The quantitative estimate of drug-likeness (QED) is 0.518. The van der Waals surface area contributed by atoms with E-state index in [9.17, 15) is 19.8 Å². The monoisotopic (exact) mass is 458 g/mol. The molecule has 0 unspecified atom stereocenters. The SMILES string of the molecule is CC(=O)O[C@H]1[C@@H]2O[C@]23[C@@H]2CC[C@@]4(O)C[C@H](O)CC[C@@]4(C)[C@@H]2CC[C@@]3(C)[C@H]1c1ccc(=O)oc1. The van der Waals surface area contributed by atoms with Crippen molar-refractivity contribution in [2.75, 3.05) is 0 Å². The molecule has 180 valence electrons. The van der Waals surface area contributed by atoms with Crippen molar-refractivity contribution in [1.82, 2.24) is 0 Å². The summed E-state index contributed by atoms with van der Waals surface area (Å²) in [4.78, 5) is 23.7. The Bertz CT molecular complexity index is 1030. The van der Waals surface area contributed by atoms with Gasteiger partial charge < -0.3 is 24.1 Å². The highest BCUT2D eigenvalue weighted by molar-refractivity contribution is 5.66. The van der Waals surface area contributed by atoms with Crippen molar-refractivity contribution in [2.24, 2.45) is 22.7 Å². The van der Waals surface area contributed by atoms with E-state index in [0.717, 1.165) is 37.7 Å². The first-order valence-electron chi connectivity index (χ1n) is 12.4. The molecule has 5 aliphatic rings. The first-order chi connectivity index (χ1) is 15.6. The van der Waals surface area contributed by atoms with E-state index in [0.29, 0.717) is 12.8 Å². The Kier molecular flexibility index (Phi) is 4.43. The van der Waals surface area contributed by atoms with Gasteiger partial charge in [0.25, 0.3) is 0 Å². The molecule has 0 aromatic carbocycles. The third kappa shape index (κ3) is 2.62. The summed E-state index contributed by atoms with van der Waals surface area (Å²) in [6.45, 7) is 5.89. The molecule has 7 nitrogen and oxygen atoms in total. The van der Waals surface area contributed by atoms with Crippen molar-refractivity contribution in [3.63, 3.8) is 0 Å². The summed E-state index contributed by atoms with van der Waals surface area (Å²) in [5, 5.41) is 22.0. The van der Waals surface area contributed by atoms with Crippen LogP contribution in [0.4, 0.5) is 0 Å². The highest BCUT2D eigenvalue weighted by Gasteiger charge is 2.85. The molecule has 2 heterocycles. The number of carbonyl (C=O) groups is 1. The Labute approximate surface area is 193 Å². The van der Waals surface area contributed by atoms with E-state index < -0.39 is 29.0 Å². The van der Waals surface area contributed by atoms with Crippen LogP contribution in [0.2, 0.25) is 0 Å². The van der Waals surface area contributed by atoms with Crippen LogP contribution in [-0.2, 0) is 14.3 Å². The van der Waals surface area contributed by atoms with Gasteiger partial charge in [-0.2, -0.15) is 0 Å². The largest absolute Gasteiger partial charge is 0.459 e. The third-order valence-corrected chi connectivity index (χ3v) is 10.6. The van der Waals surface area contributed by atoms with Crippen LogP contribution in [0.1, 0.15) is 77.2 Å². The second-order valence-corrected chi connectivity index (χ2v) is 11.8. The molecule has 6 rings (SSSR count). The van der Waals surface area contributed by atoms with E-state index in [1.54, 1.807) is 6.07 Å². The number of hydrogen-bond donors (Lipinski definition) is 2. The van der Waals surface area contributed by atoms with Crippen molar-refractivity contribution in [2.45, 2.75) is 101 Å². The fraction of sp³-hybridized carbons (Fsp3) is 0.769. The molecular weight excluding hydrogens is 424 g/mol. The van der Waals surface area contributed by atoms with E-state index >= 15 is 0 Å². The van der Waals surface area contributed by atoms with Crippen LogP contribution < -0.4 is 5.63 Å². The molecule has 4 saturated carbocycles. The highest BCUT2D eigenvalue weighted by Crippen LogP contribution is 2.78. The van der Waals surface area contributed by atoms with Gasteiger partial charge in [0, 0.05) is 30.7 Å². The van der Waals surface area contributed by atoms with Crippen LogP contribution in [0.3, 0.4) is 0 Å². The summed E-state index contributed by atoms with van der Waals surface area (Å²) in [6, 6.07) is 3.23. The maximum absolute atomic E-state index is 12.1. The zero-order valence-electron chi connectivity index (χ0n) is 19.6. The van der Waals surface area contributed by atoms with Gasteiger partial charge in [0.15, 0.2) is 0 Å². The average Bonchev–Trinajstić information content (AvgIpc) is 3.45. The minimum Gasteiger partial charge on any atom is -0.459 e. The number of aliphatic hydroxyl groups excluding tert-OH is 1. The normalized spacial score (nSPS) is 52.2. The van der Waals surface area contributed by atoms with Crippen molar-refractivity contribution in [3.8, 4) is 0 Å². The third-order valence-electron chi connectivity index (χ3n) is 10.6. The summed E-state index contributed by atoms with van der Waals surface area (Å²) in [6.07, 6.45) is 5.74. The maximum atomic E-state index is 12.1. The van der Waals surface area contributed by atoms with Crippen LogP contribution >= 0.6 is 0 Å². The predicted molar refractivity (Wildman–Crippen MR) is 117 cm³/mol. The van der Waals surface area contributed by atoms with E-state index in [1.807, 2.05) is 0 Å². The van der Waals surface area contributed by atoms with Gasteiger partial charge in [-0.3, -0.25) is 4.79 Å². The summed E-state index contributed by atoms with van der Waals surface area (Å²) in [5.74, 6) is 0.0816. The van der Waals surface area contributed by atoms with Gasteiger partial charge in [-0.1, -0.05) is 13.8 Å². The molecule has 5 fully saturated rings. The molecule has 4 aliphatic carbocycles. The molecule has 1 saturated heterocycles. The van der Waals surface area contributed by atoms with Gasteiger partial charge in [-0.05, 0) is 67.4 Å². The predicted octanol–water partition coefficient (Wildman–Crippen LogP) is 2.91. The highest BCUT2D eigenvalue weighted by atomic mass is 16.7. The van der Waals surface area contributed by atoms with Gasteiger partial charge in [0.2, 0.25) is 0 Å². The molecule has 7 heteroatoms. The van der Waals surface area contributed by atoms with Crippen molar-refractivity contribution in [3.05, 3.63) is 34.4 Å². The Morgan fingerprint density at radius 1 is 1.09 bits per heavy atom. The Hall–Kier alpha value is -1.70. The Morgan fingerprint density at radius 2 is 1.82 bits per heavy atom. The van der Waals surface area contributed by atoms with Gasteiger partial charge in [-0.25, -0.2) is 4.79 Å². The van der Waals surface area contributed by atoms with E-state index in [1.165, 1.54) is 19.3 Å². The molecule has 0 radical (unpaired) electrons. The second kappa shape index (κ2) is 6.70. The number of hydrogen-bond acceptors (Lipinski definition) is 7. The number of aliphatic hydroxyl groups is 2. The van der Waals surface area contributed by atoms with Crippen LogP contribution in [0.15, 0.2) is 27.6 Å². The van der Waals surface area contributed by atoms with E-state index in [4.69, 9.17) is 13.9 Å². The number of epoxide rings is 1. The number of ether oxygens (including phenoxy) is 2. The Morgan fingerprint density at radius 3 is 2.52 bits per heavy atom. The number of fused-ring (bicyclic) bond motifs is 3. The fourth-order valence-corrected chi connectivity index (χ4v) is 9.10. The number of carbonyl (C=O) groups excluding carboxylic acids is 1. The standard InChI is InChI=1S/C26H34O7/c1-14(27)32-21-20(15-4-5-19(29)31-13-15)24(3)10-7-17-18(26(24)22(21)33-26)8-11-25(30)12-16(28)6-9-23(17,25)2/h4-5,13,16-18,20-22,28,30H,6-12H2,1-3H3/t16-,17-,18-,20+,21-,22+,23+,24+,25-,26-/m1/s1. The summed E-state index contributed by atoms with van der Waals surface area (Å²) in [5.41, 5.74) is -1.34. The van der Waals surface area contributed by atoms with Crippen molar-refractivity contribution in [1.29, 1.82) is 0 Å². The molecule has 1 aliphatic heterocycles. The van der Waals surface area contributed by atoms with Crippen molar-refractivity contribution < 1.29 is 28.9 Å². The topological polar surface area (TPSA) is 110 Å². The van der Waals surface area contributed by atoms with Gasteiger partial charge in [0.1, 0.15) is 17.8 Å². The number of esters is 1. The molecule has 10 atom stereocenters. The van der Waals surface area contributed by atoms with Crippen LogP contribution in [0.5, 0.6) is 0 Å². The fourth-order valence-electron chi connectivity index (χ4n) is 9.10. The van der Waals surface area contributed by atoms with Gasteiger partial charge in [0.05, 0.1) is 18.0 Å². The lowest BCUT2D eigenvalue weighted by atomic mass is 9.42. The smallest absolute Gasteiger partial charge is 0.335 e. The van der Waals surface area contributed by atoms with Crippen LogP contribution in [-0.4, -0.2) is 45.7 Å². The summed E-state index contributed by atoms with van der Waals surface area (Å²) >= 11 is 0.